The molecule has 0 spiro atoms. The summed E-state index contributed by atoms with van der Waals surface area (Å²) in [5, 5.41) is 8.84. The van der Waals surface area contributed by atoms with Crippen LogP contribution >= 0.6 is 0 Å². The third kappa shape index (κ3) is 3.19. The standard InChI is InChI=1S/C12H19NO4/c1-8-6-9(4-5-17-8)12(16)13(7-11(14)15)10-2-3-10/h8-10H,2-7H2,1H3,(H,14,15). The van der Waals surface area contributed by atoms with Gasteiger partial charge in [0.05, 0.1) is 6.10 Å². The Bertz CT molecular complexity index is 314. The molecule has 2 aliphatic rings. The van der Waals surface area contributed by atoms with Crippen molar-refractivity contribution in [2.75, 3.05) is 13.2 Å². The van der Waals surface area contributed by atoms with E-state index in [1.165, 1.54) is 0 Å². The molecule has 2 fully saturated rings. The molecule has 17 heavy (non-hydrogen) atoms. The lowest BCUT2D eigenvalue weighted by Crippen LogP contribution is -2.43. The van der Waals surface area contributed by atoms with E-state index >= 15 is 0 Å². The first-order valence-corrected chi connectivity index (χ1v) is 6.22. The Morgan fingerprint density at radius 3 is 2.59 bits per heavy atom. The van der Waals surface area contributed by atoms with Crippen LogP contribution in [0.3, 0.4) is 0 Å². The van der Waals surface area contributed by atoms with Crippen molar-refractivity contribution >= 4 is 11.9 Å². The zero-order valence-corrected chi connectivity index (χ0v) is 10.1. The van der Waals surface area contributed by atoms with Gasteiger partial charge in [-0.2, -0.15) is 0 Å². The molecule has 0 aromatic heterocycles. The van der Waals surface area contributed by atoms with Gasteiger partial charge >= 0.3 is 5.97 Å². The number of carboxylic acid groups (broad SMARTS) is 1. The van der Waals surface area contributed by atoms with E-state index in [-0.39, 0.29) is 30.5 Å². The molecular weight excluding hydrogens is 222 g/mol. The Morgan fingerprint density at radius 2 is 2.06 bits per heavy atom. The van der Waals surface area contributed by atoms with Gasteiger partial charge in [0.25, 0.3) is 0 Å². The van der Waals surface area contributed by atoms with Crippen LogP contribution in [0.25, 0.3) is 0 Å². The summed E-state index contributed by atoms with van der Waals surface area (Å²) >= 11 is 0. The van der Waals surface area contributed by atoms with E-state index in [1.54, 1.807) is 4.90 Å². The summed E-state index contributed by atoms with van der Waals surface area (Å²) in [6, 6.07) is 0.164. The smallest absolute Gasteiger partial charge is 0.323 e. The van der Waals surface area contributed by atoms with E-state index in [2.05, 4.69) is 0 Å². The fourth-order valence-electron chi connectivity index (χ4n) is 2.38. The molecule has 1 saturated heterocycles. The van der Waals surface area contributed by atoms with Gasteiger partial charge in [-0.3, -0.25) is 9.59 Å². The van der Waals surface area contributed by atoms with Gasteiger partial charge in [-0.05, 0) is 32.6 Å². The number of ether oxygens (including phenoxy) is 1. The summed E-state index contributed by atoms with van der Waals surface area (Å²) in [5.41, 5.74) is 0. The van der Waals surface area contributed by atoms with Gasteiger partial charge in [-0.25, -0.2) is 0 Å². The van der Waals surface area contributed by atoms with Gasteiger partial charge in [-0.15, -0.1) is 0 Å². The van der Waals surface area contributed by atoms with Crippen molar-refractivity contribution < 1.29 is 19.4 Å². The van der Waals surface area contributed by atoms with Gasteiger partial charge in [0.2, 0.25) is 5.91 Å². The van der Waals surface area contributed by atoms with Gasteiger partial charge < -0.3 is 14.7 Å². The summed E-state index contributed by atoms with van der Waals surface area (Å²) < 4.78 is 5.41. The molecule has 5 heteroatoms. The number of rotatable bonds is 4. The van der Waals surface area contributed by atoms with Gasteiger partial charge in [0.1, 0.15) is 6.54 Å². The molecule has 0 bridgehead atoms. The number of amides is 1. The molecule has 5 nitrogen and oxygen atoms in total. The molecule has 1 aliphatic carbocycles. The number of nitrogens with zero attached hydrogens (tertiary/aromatic N) is 1. The average molecular weight is 241 g/mol. The van der Waals surface area contributed by atoms with Crippen LogP contribution in [0.2, 0.25) is 0 Å². The molecular formula is C12H19NO4. The van der Waals surface area contributed by atoms with Crippen LogP contribution in [0.4, 0.5) is 0 Å². The summed E-state index contributed by atoms with van der Waals surface area (Å²) in [6.07, 6.45) is 3.41. The average Bonchev–Trinajstić information content (AvgIpc) is 3.08. The number of aliphatic carboxylic acids is 1. The van der Waals surface area contributed by atoms with Crippen molar-refractivity contribution in [1.82, 2.24) is 4.90 Å². The van der Waals surface area contributed by atoms with Crippen molar-refractivity contribution in [1.29, 1.82) is 0 Å². The number of hydrogen-bond acceptors (Lipinski definition) is 3. The van der Waals surface area contributed by atoms with Crippen molar-refractivity contribution in [3.05, 3.63) is 0 Å². The molecule has 0 aromatic rings. The molecule has 0 aromatic carbocycles. The highest BCUT2D eigenvalue weighted by molar-refractivity contribution is 5.83. The van der Waals surface area contributed by atoms with Crippen molar-refractivity contribution in [2.24, 2.45) is 5.92 Å². The first-order valence-electron chi connectivity index (χ1n) is 6.22. The molecule has 2 unspecified atom stereocenters. The van der Waals surface area contributed by atoms with Gasteiger partial charge in [0, 0.05) is 18.6 Å². The van der Waals surface area contributed by atoms with Crippen LogP contribution in [0.15, 0.2) is 0 Å². The Kier molecular flexibility index (Phi) is 3.66. The highest BCUT2D eigenvalue weighted by atomic mass is 16.5. The summed E-state index contributed by atoms with van der Waals surface area (Å²) in [5.74, 6) is -0.978. The Morgan fingerprint density at radius 1 is 1.35 bits per heavy atom. The predicted octanol–water partition coefficient (Wildman–Crippen LogP) is 0.877. The Hall–Kier alpha value is -1.10. The summed E-state index contributed by atoms with van der Waals surface area (Å²) in [4.78, 5) is 24.6. The fourth-order valence-corrected chi connectivity index (χ4v) is 2.38. The van der Waals surface area contributed by atoms with E-state index < -0.39 is 5.97 Å². The van der Waals surface area contributed by atoms with Crippen LogP contribution in [-0.2, 0) is 14.3 Å². The van der Waals surface area contributed by atoms with E-state index in [0.717, 1.165) is 12.8 Å². The van der Waals surface area contributed by atoms with Crippen LogP contribution < -0.4 is 0 Å². The summed E-state index contributed by atoms with van der Waals surface area (Å²) in [6.45, 7) is 2.40. The van der Waals surface area contributed by atoms with Crippen LogP contribution in [0, 0.1) is 5.92 Å². The maximum atomic E-state index is 12.3. The van der Waals surface area contributed by atoms with Crippen molar-refractivity contribution in [2.45, 2.75) is 44.8 Å². The zero-order chi connectivity index (χ0) is 12.4. The van der Waals surface area contributed by atoms with Crippen molar-refractivity contribution in [3.8, 4) is 0 Å². The third-order valence-corrected chi connectivity index (χ3v) is 3.41. The second-order valence-corrected chi connectivity index (χ2v) is 4.99. The molecule has 1 amide bonds. The highest BCUT2D eigenvalue weighted by Gasteiger charge is 2.38. The molecule has 1 N–H and O–H groups in total. The minimum Gasteiger partial charge on any atom is -0.480 e. The Labute approximate surface area is 101 Å². The number of carbonyl (C=O) groups excluding carboxylic acids is 1. The van der Waals surface area contributed by atoms with Crippen LogP contribution in [0.1, 0.15) is 32.6 Å². The topological polar surface area (TPSA) is 66.8 Å². The van der Waals surface area contributed by atoms with Gasteiger partial charge in [-0.1, -0.05) is 0 Å². The minimum atomic E-state index is -0.926. The number of carboxylic acids is 1. The van der Waals surface area contributed by atoms with Crippen molar-refractivity contribution in [3.63, 3.8) is 0 Å². The van der Waals surface area contributed by atoms with E-state index in [4.69, 9.17) is 9.84 Å². The minimum absolute atomic E-state index is 0.00468. The molecule has 1 heterocycles. The second kappa shape index (κ2) is 5.04. The molecule has 1 saturated carbocycles. The SMILES string of the molecule is CC1CC(C(=O)N(CC(=O)O)C2CC2)CCO1. The first kappa shape index (κ1) is 12.4. The lowest BCUT2D eigenvalue weighted by atomic mass is 9.94. The normalized spacial score (nSPS) is 28.8. The van der Waals surface area contributed by atoms with Crippen LogP contribution in [-0.4, -0.2) is 47.2 Å². The lowest BCUT2D eigenvalue weighted by molar-refractivity contribution is -0.149. The van der Waals surface area contributed by atoms with E-state index in [1.807, 2.05) is 6.92 Å². The van der Waals surface area contributed by atoms with Crippen LogP contribution in [0.5, 0.6) is 0 Å². The molecule has 2 atom stereocenters. The Balaban J connectivity index is 1.97. The first-order chi connectivity index (χ1) is 8.08. The molecule has 96 valence electrons. The van der Waals surface area contributed by atoms with E-state index in [0.29, 0.717) is 19.4 Å². The third-order valence-electron chi connectivity index (χ3n) is 3.41. The quantitative estimate of drug-likeness (QED) is 0.793. The summed E-state index contributed by atoms with van der Waals surface area (Å²) in [7, 11) is 0. The number of hydrogen-bond donors (Lipinski definition) is 1. The largest absolute Gasteiger partial charge is 0.480 e. The molecule has 2 rings (SSSR count). The fraction of sp³-hybridized carbons (Fsp3) is 0.833. The zero-order valence-electron chi connectivity index (χ0n) is 10.1. The second-order valence-electron chi connectivity index (χ2n) is 4.99. The predicted molar refractivity (Wildman–Crippen MR) is 60.5 cm³/mol. The number of carbonyl (C=O) groups is 2. The van der Waals surface area contributed by atoms with Gasteiger partial charge in [0.15, 0.2) is 0 Å². The highest BCUT2D eigenvalue weighted by Crippen LogP contribution is 2.30. The van der Waals surface area contributed by atoms with E-state index in [9.17, 15) is 9.59 Å². The monoisotopic (exact) mass is 241 g/mol. The molecule has 1 aliphatic heterocycles. The maximum Gasteiger partial charge on any atom is 0.323 e. The molecule has 0 radical (unpaired) electrons. The maximum absolute atomic E-state index is 12.3. The lowest BCUT2D eigenvalue weighted by Gasteiger charge is -2.31.